The number of hydrogen-bond acceptors (Lipinski definition) is 2. The van der Waals surface area contributed by atoms with Crippen LogP contribution in [-0.4, -0.2) is 11.5 Å². The third-order valence-corrected chi connectivity index (χ3v) is 3.76. The van der Waals surface area contributed by atoms with Crippen molar-refractivity contribution in [3.63, 3.8) is 0 Å². The highest BCUT2D eigenvalue weighted by atomic mass is 14.9. The lowest BCUT2D eigenvalue weighted by molar-refractivity contribution is 0.524. The number of nitrogens with one attached hydrogen (secondary N) is 1. The molecule has 0 saturated heterocycles. The maximum absolute atomic E-state index is 4.28. The Balaban J connectivity index is 2.12. The van der Waals surface area contributed by atoms with Gasteiger partial charge in [0.2, 0.25) is 0 Å². The molecule has 0 radical (unpaired) electrons. The Labute approximate surface area is 111 Å². The fourth-order valence-electron chi connectivity index (χ4n) is 2.73. The number of nitrogens with zero attached hydrogens (tertiary/aromatic N) is 1. The van der Waals surface area contributed by atoms with E-state index in [1.165, 1.54) is 36.8 Å². The van der Waals surface area contributed by atoms with Crippen molar-refractivity contribution in [2.75, 3.05) is 6.54 Å². The molecule has 2 nitrogen and oxygen atoms in total. The second-order valence-electron chi connectivity index (χ2n) is 5.15. The molecule has 1 N–H and O–H groups in total. The standard InChI is InChI=1S/C16H24N2/c1-3-18-16(11-14-7-5-4-6-8-14)15-12-17-10-9-13(15)2/h7,9-10,12,16,18H,3-6,8,11H2,1-2H3. The van der Waals surface area contributed by atoms with Crippen LogP contribution in [0.5, 0.6) is 0 Å². The number of allylic oxidation sites excluding steroid dienone is 1. The summed E-state index contributed by atoms with van der Waals surface area (Å²) in [5, 5.41) is 3.61. The molecule has 1 unspecified atom stereocenters. The Morgan fingerprint density at radius 1 is 1.39 bits per heavy atom. The van der Waals surface area contributed by atoms with Crippen LogP contribution in [0, 0.1) is 6.92 Å². The molecular weight excluding hydrogens is 220 g/mol. The molecule has 1 atom stereocenters. The van der Waals surface area contributed by atoms with Crippen LogP contribution in [0.1, 0.15) is 56.2 Å². The zero-order valence-corrected chi connectivity index (χ0v) is 11.6. The van der Waals surface area contributed by atoms with E-state index in [9.17, 15) is 0 Å². The van der Waals surface area contributed by atoms with Crippen LogP contribution in [-0.2, 0) is 0 Å². The first-order valence-electron chi connectivity index (χ1n) is 7.13. The van der Waals surface area contributed by atoms with Gasteiger partial charge in [-0.15, -0.1) is 0 Å². The van der Waals surface area contributed by atoms with E-state index < -0.39 is 0 Å². The minimum absolute atomic E-state index is 0.424. The monoisotopic (exact) mass is 244 g/mol. The first-order valence-corrected chi connectivity index (χ1v) is 7.13. The second kappa shape index (κ2) is 6.69. The first kappa shape index (κ1) is 13.3. The lowest BCUT2D eigenvalue weighted by Crippen LogP contribution is -2.22. The van der Waals surface area contributed by atoms with Crippen molar-refractivity contribution in [3.05, 3.63) is 41.2 Å². The molecule has 0 aliphatic heterocycles. The third kappa shape index (κ3) is 3.42. The number of aromatic nitrogens is 1. The number of hydrogen-bond donors (Lipinski definition) is 1. The van der Waals surface area contributed by atoms with E-state index in [1.54, 1.807) is 5.57 Å². The second-order valence-corrected chi connectivity index (χ2v) is 5.15. The minimum atomic E-state index is 0.424. The van der Waals surface area contributed by atoms with Gasteiger partial charge in [-0.3, -0.25) is 4.98 Å². The van der Waals surface area contributed by atoms with Gasteiger partial charge in [0.25, 0.3) is 0 Å². The minimum Gasteiger partial charge on any atom is -0.310 e. The normalized spacial score (nSPS) is 17.3. The summed E-state index contributed by atoms with van der Waals surface area (Å²) in [6.07, 6.45) is 12.7. The summed E-state index contributed by atoms with van der Waals surface area (Å²) in [4.78, 5) is 4.28. The van der Waals surface area contributed by atoms with E-state index in [0.717, 1.165) is 13.0 Å². The van der Waals surface area contributed by atoms with Gasteiger partial charge in [-0.05, 0) is 62.8 Å². The molecule has 1 aromatic rings. The molecule has 1 aromatic heterocycles. The van der Waals surface area contributed by atoms with Gasteiger partial charge in [-0.2, -0.15) is 0 Å². The highest BCUT2D eigenvalue weighted by Gasteiger charge is 2.15. The van der Waals surface area contributed by atoms with E-state index in [0.29, 0.717) is 6.04 Å². The molecule has 2 heteroatoms. The Kier molecular flexibility index (Phi) is 4.94. The average Bonchev–Trinajstić information content (AvgIpc) is 2.40. The lowest BCUT2D eigenvalue weighted by atomic mass is 9.91. The highest BCUT2D eigenvalue weighted by molar-refractivity contribution is 5.27. The van der Waals surface area contributed by atoms with Crippen molar-refractivity contribution in [2.45, 2.75) is 52.0 Å². The fraction of sp³-hybridized carbons (Fsp3) is 0.562. The Bertz CT molecular complexity index is 409. The summed E-state index contributed by atoms with van der Waals surface area (Å²) < 4.78 is 0. The van der Waals surface area contributed by atoms with E-state index in [-0.39, 0.29) is 0 Å². The smallest absolute Gasteiger partial charge is 0.0375 e. The lowest BCUT2D eigenvalue weighted by Gasteiger charge is -2.23. The maximum Gasteiger partial charge on any atom is 0.0375 e. The summed E-state index contributed by atoms with van der Waals surface area (Å²) in [6, 6.07) is 2.53. The fourth-order valence-corrected chi connectivity index (χ4v) is 2.73. The predicted octanol–water partition coefficient (Wildman–Crippen LogP) is 3.93. The Hall–Kier alpha value is -1.15. The zero-order chi connectivity index (χ0) is 12.8. The van der Waals surface area contributed by atoms with Crippen LogP contribution in [0.2, 0.25) is 0 Å². The largest absolute Gasteiger partial charge is 0.310 e. The van der Waals surface area contributed by atoms with Crippen molar-refractivity contribution in [2.24, 2.45) is 0 Å². The Morgan fingerprint density at radius 2 is 2.28 bits per heavy atom. The number of pyridine rings is 1. The molecule has 98 valence electrons. The van der Waals surface area contributed by atoms with Gasteiger partial charge in [0, 0.05) is 18.4 Å². The van der Waals surface area contributed by atoms with Crippen LogP contribution < -0.4 is 5.32 Å². The summed E-state index contributed by atoms with van der Waals surface area (Å²) >= 11 is 0. The Morgan fingerprint density at radius 3 is 2.94 bits per heavy atom. The van der Waals surface area contributed by atoms with Gasteiger partial charge in [-0.25, -0.2) is 0 Å². The topological polar surface area (TPSA) is 24.9 Å². The van der Waals surface area contributed by atoms with Gasteiger partial charge in [-0.1, -0.05) is 18.6 Å². The zero-order valence-electron chi connectivity index (χ0n) is 11.6. The van der Waals surface area contributed by atoms with Crippen LogP contribution in [0.15, 0.2) is 30.1 Å². The van der Waals surface area contributed by atoms with E-state index in [2.05, 4.69) is 36.3 Å². The first-order chi connectivity index (χ1) is 8.81. The van der Waals surface area contributed by atoms with Crippen LogP contribution in [0.25, 0.3) is 0 Å². The highest BCUT2D eigenvalue weighted by Crippen LogP contribution is 2.28. The van der Waals surface area contributed by atoms with Gasteiger partial charge in [0.1, 0.15) is 0 Å². The molecule has 0 amide bonds. The van der Waals surface area contributed by atoms with Gasteiger partial charge in [0.15, 0.2) is 0 Å². The average molecular weight is 244 g/mol. The molecule has 1 aliphatic carbocycles. The van der Waals surface area contributed by atoms with Crippen molar-refractivity contribution < 1.29 is 0 Å². The van der Waals surface area contributed by atoms with E-state index in [4.69, 9.17) is 0 Å². The van der Waals surface area contributed by atoms with Crippen molar-refractivity contribution >= 4 is 0 Å². The predicted molar refractivity (Wildman–Crippen MR) is 76.6 cm³/mol. The van der Waals surface area contributed by atoms with E-state index in [1.807, 2.05) is 12.4 Å². The van der Waals surface area contributed by atoms with Crippen LogP contribution in [0.4, 0.5) is 0 Å². The van der Waals surface area contributed by atoms with Gasteiger partial charge >= 0.3 is 0 Å². The van der Waals surface area contributed by atoms with E-state index >= 15 is 0 Å². The summed E-state index contributed by atoms with van der Waals surface area (Å²) in [5.74, 6) is 0. The number of rotatable bonds is 5. The third-order valence-electron chi connectivity index (χ3n) is 3.76. The van der Waals surface area contributed by atoms with Crippen molar-refractivity contribution in [1.29, 1.82) is 0 Å². The summed E-state index contributed by atoms with van der Waals surface area (Å²) in [5.41, 5.74) is 4.31. The quantitative estimate of drug-likeness (QED) is 0.794. The molecule has 0 aromatic carbocycles. The maximum atomic E-state index is 4.28. The molecule has 0 bridgehead atoms. The molecule has 0 spiro atoms. The number of aryl methyl sites for hydroxylation is 1. The van der Waals surface area contributed by atoms with Crippen LogP contribution in [0.3, 0.4) is 0 Å². The summed E-state index contributed by atoms with van der Waals surface area (Å²) in [7, 11) is 0. The summed E-state index contributed by atoms with van der Waals surface area (Å²) in [6.45, 7) is 5.36. The van der Waals surface area contributed by atoms with Crippen molar-refractivity contribution in [1.82, 2.24) is 10.3 Å². The molecule has 1 heterocycles. The van der Waals surface area contributed by atoms with Crippen LogP contribution >= 0.6 is 0 Å². The molecule has 1 aliphatic rings. The molecule has 18 heavy (non-hydrogen) atoms. The molecule has 2 rings (SSSR count). The molecular formula is C16H24N2. The molecule has 0 saturated carbocycles. The van der Waals surface area contributed by atoms with Gasteiger partial charge in [0.05, 0.1) is 0 Å². The van der Waals surface area contributed by atoms with Crippen molar-refractivity contribution in [3.8, 4) is 0 Å². The molecule has 0 fully saturated rings. The SMILES string of the molecule is CCNC(CC1=CCCCC1)c1cnccc1C. The van der Waals surface area contributed by atoms with Gasteiger partial charge < -0.3 is 5.32 Å².